The van der Waals surface area contributed by atoms with Gasteiger partial charge in [0.25, 0.3) is 0 Å². The fourth-order valence-corrected chi connectivity index (χ4v) is 2.03. The van der Waals surface area contributed by atoms with Crippen LogP contribution in [-0.4, -0.2) is 26.8 Å². The second-order valence-corrected chi connectivity index (χ2v) is 4.47. The highest BCUT2D eigenvalue weighted by molar-refractivity contribution is 5.44. The normalized spacial score (nSPS) is 14.7. The zero-order valence-corrected chi connectivity index (χ0v) is 10.7. The summed E-state index contributed by atoms with van der Waals surface area (Å²) in [5.74, 6) is 1.85. The van der Waals surface area contributed by atoms with Gasteiger partial charge in [0.15, 0.2) is 0 Å². The van der Waals surface area contributed by atoms with Crippen LogP contribution in [0.25, 0.3) is 0 Å². The standard InChI is InChI=1S/C14H21NO2/c1-16-13-6-3-7-14(17-2)12(13)5-4-10-15-11-8-9-11/h3,6-7,11,15H,4-5,8-10H2,1-2H3. The predicted molar refractivity (Wildman–Crippen MR) is 68.9 cm³/mol. The molecular weight excluding hydrogens is 214 g/mol. The highest BCUT2D eigenvalue weighted by Crippen LogP contribution is 2.29. The Kier molecular flexibility index (Phi) is 4.26. The highest BCUT2D eigenvalue weighted by Gasteiger charge is 2.19. The summed E-state index contributed by atoms with van der Waals surface area (Å²) in [5.41, 5.74) is 1.18. The maximum atomic E-state index is 5.38. The molecule has 1 saturated carbocycles. The summed E-state index contributed by atoms with van der Waals surface area (Å²) < 4.78 is 10.8. The van der Waals surface area contributed by atoms with Crippen molar-refractivity contribution in [3.8, 4) is 11.5 Å². The topological polar surface area (TPSA) is 30.5 Å². The zero-order valence-electron chi connectivity index (χ0n) is 10.7. The summed E-state index contributed by atoms with van der Waals surface area (Å²) in [4.78, 5) is 0. The van der Waals surface area contributed by atoms with Crippen LogP contribution in [0.15, 0.2) is 18.2 Å². The van der Waals surface area contributed by atoms with Crippen LogP contribution in [0.5, 0.6) is 11.5 Å². The summed E-state index contributed by atoms with van der Waals surface area (Å²) >= 11 is 0. The Hall–Kier alpha value is -1.22. The van der Waals surface area contributed by atoms with Crippen LogP contribution in [0, 0.1) is 0 Å². The average Bonchev–Trinajstić information content (AvgIpc) is 3.18. The molecule has 0 saturated heterocycles. The largest absolute Gasteiger partial charge is 0.496 e. The monoisotopic (exact) mass is 235 g/mol. The van der Waals surface area contributed by atoms with Crippen molar-refractivity contribution in [3.05, 3.63) is 23.8 Å². The van der Waals surface area contributed by atoms with Crippen LogP contribution in [0.3, 0.4) is 0 Å². The Morgan fingerprint density at radius 2 is 1.82 bits per heavy atom. The predicted octanol–water partition coefficient (Wildman–Crippen LogP) is 2.39. The second kappa shape index (κ2) is 5.92. The van der Waals surface area contributed by atoms with Crippen LogP contribution in [0.2, 0.25) is 0 Å². The third-order valence-corrected chi connectivity index (χ3v) is 3.14. The molecule has 1 aliphatic rings. The van der Waals surface area contributed by atoms with Crippen molar-refractivity contribution in [2.75, 3.05) is 20.8 Å². The number of methoxy groups -OCH3 is 2. The molecular formula is C14H21NO2. The molecule has 1 N–H and O–H groups in total. The summed E-state index contributed by atoms with van der Waals surface area (Å²) in [6.45, 7) is 1.08. The van der Waals surface area contributed by atoms with Crippen molar-refractivity contribution in [1.82, 2.24) is 5.32 Å². The Balaban J connectivity index is 1.91. The van der Waals surface area contributed by atoms with Crippen molar-refractivity contribution < 1.29 is 9.47 Å². The first kappa shape index (κ1) is 12.2. The van der Waals surface area contributed by atoms with E-state index in [2.05, 4.69) is 5.32 Å². The van der Waals surface area contributed by atoms with Crippen molar-refractivity contribution in [1.29, 1.82) is 0 Å². The minimum absolute atomic E-state index is 0.787. The van der Waals surface area contributed by atoms with Crippen molar-refractivity contribution in [2.24, 2.45) is 0 Å². The first-order valence-corrected chi connectivity index (χ1v) is 6.28. The van der Waals surface area contributed by atoms with Crippen LogP contribution in [0.4, 0.5) is 0 Å². The molecule has 0 amide bonds. The van der Waals surface area contributed by atoms with Crippen molar-refractivity contribution in [2.45, 2.75) is 31.7 Å². The number of rotatable bonds is 7. The molecule has 1 fully saturated rings. The number of ether oxygens (including phenoxy) is 2. The molecule has 94 valence electrons. The first-order valence-electron chi connectivity index (χ1n) is 6.28. The average molecular weight is 235 g/mol. The molecule has 1 aliphatic carbocycles. The quantitative estimate of drug-likeness (QED) is 0.736. The van der Waals surface area contributed by atoms with E-state index in [0.717, 1.165) is 36.9 Å². The van der Waals surface area contributed by atoms with E-state index in [1.807, 2.05) is 18.2 Å². The number of benzene rings is 1. The van der Waals surface area contributed by atoms with E-state index in [1.165, 1.54) is 18.4 Å². The van der Waals surface area contributed by atoms with Gasteiger partial charge in [0, 0.05) is 11.6 Å². The lowest BCUT2D eigenvalue weighted by atomic mass is 10.1. The van der Waals surface area contributed by atoms with Gasteiger partial charge in [-0.1, -0.05) is 6.07 Å². The molecule has 0 aliphatic heterocycles. The summed E-state index contributed by atoms with van der Waals surface area (Å²) in [5, 5.41) is 3.52. The molecule has 0 heterocycles. The lowest BCUT2D eigenvalue weighted by molar-refractivity contribution is 0.384. The lowest BCUT2D eigenvalue weighted by Gasteiger charge is -2.12. The number of hydrogen-bond acceptors (Lipinski definition) is 3. The van der Waals surface area contributed by atoms with Crippen molar-refractivity contribution >= 4 is 0 Å². The Morgan fingerprint density at radius 3 is 2.35 bits per heavy atom. The van der Waals surface area contributed by atoms with Gasteiger partial charge in [-0.2, -0.15) is 0 Å². The molecule has 2 rings (SSSR count). The van der Waals surface area contributed by atoms with Gasteiger partial charge in [-0.3, -0.25) is 0 Å². The van der Waals surface area contributed by atoms with Gasteiger partial charge in [-0.15, -0.1) is 0 Å². The molecule has 0 spiro atoms. The molecule has 0 bridgehead atoms. The van der Waals surface area contributed by atoms with E-state index < -0.39 is 0 Å². The van der Waals surface area contributed by atoms with Gasteiger partial charge >= 0.3 is 0 Å². The van der Waals surface area contributed by atoms with E-state index in [-0.39, 0.29) is 0 Å². The smallest absolute Gasteiger partial charge is 0.125 e. The Labute approximate surface area is 103 Å². The minimum atomic E-state index is 0.787. The van der Waals surface area contributed by atoms with Gasteiger partial charge < -0.3 is 14.8 Å². The highest BCUT2D eigenvalue weighted by atomic mass is 16.5. The van der Waals surface area contributed by atoms with Crippen LogP contribution >= 0.6 is 0 Å². The van der Waals surface area contributed by atoms with Crippen LogP contribution < -0.4 is 14.8 Å². The van der Waals surface area contributed by atoms with Crippen molar-refractivity contribution in [3.63, 3.8) is 0 Å². The van der Waals surface area contributed by atoms with Gasteiger partial charge in [0.2, 0.25) is 0 Å². The summed E-state index contributed by atoms with van der Waals surface area (Å²) in [7, 11) is 3.42. The Bertz CT molecular complexity index is 339. The maximum absolute atomic E-state index is 5.38. The summed E-state index contributed by atoms with van der Waals surface area (Å²) in [6, 6.07) is 6.73. The van der Waals surface area contributed by atoms with Crippen LogP contribution in [-0.2, 0) is 6.42 Å². The first-order chi connectivity index (χ1) is 8.35. The molecule has 17 heavy (non-hydrogen) atoms. The number of hydrogen-bond donors (Lipinski definition) is 1. The molecule has 1 aromatic rings. The Morgan fingerprint density at radius 1 is 1.18 bits per heavy atom. The molecule has 0 atom stereocenters. The second-order valence-electron chi connectivity index (χ2n) is 4.47. The molecule has 3 heteroatoms. The third-order valence-electron chi connectivity index (χ3n) is 3.14. The molecule has 3 nitrogen and oxygen atoms in total. The van der Waals surface area contributed by atoms with E-state index in [1.54, 1.807) is 14.2 Å². The van der Waals surface area contributed by atoms with Gasteiger partial charge in [-0.25, -0.2) is 0 Å². The van der Waals surface area contributed by atoms with E-state index >= 15 is 0 Å². The van der Waals surface area contributed by atoms with Gasteiger partial charge in [0.1, 0.15) is 11.5 Å². The lowest BCUT2D eigenvalue weighted by Crippen LogP contribution is -2.18. The SMILES string of the molecule is COc1cccc(OC)c1CCCNC1CC1. The maximum Gasteiger partial charge on any atom is 0.125 e. The van der Waals surface area contributed by atoms with Gasteiger partial charge in [0.05, 0.1) is 14.2 Å². The number of nitrogens with one attached hydrogen (secondary N) is 1. The van der Waals surface area contributed by atoms with Crippen LogP contribution in [0.1, 0.15) is 24.8 Å². The van der Waals surface area contributed by atoms with Gasteiger partial charge in [-0.05, 0) is 44.4 Å². The third kappa shape index (κ3) is 3.37. The minimum Gasteiger partial charge on any atom is -0.496 e. The zero-order chi connectivity index (χ0) is 12.1. The van der Waals surface area contributed by atoms with E-state index in [9.17, 15) is 0 Å². The molecule has 0 radical (unpaired) electrons. The summed E-state index contributed by atoms with van der Waals surface area (Å²) in [6.07, 6.45) is 4.80. The fraction of sp³-hybridized carbons (Fsp3) is 0.571. The molecule has 1 aromatic carbocycles. The van der Waals surface area contributed by atoms with E-state index in [4.69, 9.17) is 9.47 Å². The fourth-order valence-electron chi connectivity index (χ4n) is 2.03. The van der Waals surface area contributed by atoms with E-state index in [0.29, 0.717) is 0 Å². The molecule has 0 aromatic heterocycles. The molecule has 0 unspecified atom stereocenters.